The van der Waals surface area contributed by atoms with Crippen LogP contribution in [0, 0.1) is 5.92 Å². The molecule has 1 saturated heterocycles. The lowest BCUT2D eigenvalue weighted by Crippen LogP contribution is -2.28. The molecule has 7 nitrogen and oxygen atoms in total. The minimum absolute atomic E-state index is 0.0738. The van der Waals surface area contributed by atoms with Gasteiger partial charge in [-0.2, -0.15) is 0 Å². The summed E-state index contributed by atoms with van der Waals surface area (Å²) in [5, 5.41) is 16.2. The molecule has 23 heavy (non-hydrogen) atoms. The molecule has 0 spiro atoms. The van der Waals surface area contributed by atoms with Gasteiger partial charge in [0.1, 0.15) is 0 Å². The monoisotopic (exact) mass is 314 g/mol. The van der Waals surface area contributed by atoms with E-state index in [1.54, 1.807) is 0 Å². The predicted octanol–water partition coefficient (Wildman–Crippen LogP) is 1.07. The van der Waals surface area contributed by atoms with Crippen LogP contribution in [0.25, 0.3) is 0 Å². The molecule has 1 unspecified atom stereocenters. The molecule has 1 aromatic carbocycles. The van der Waals surface area contributed by atoms with Crippen molar-refractivity contribution in [3.05, 3.63) is 47.8 Å². The van der Waals surface area contributed by atoms with Gasteiger partial charge >= 0.3 is 5.97 Å². The quantitative estimate of drug-likeness (QED) is 0.861. The summed E-state index contributed by atoms with van der Waals surface area (Å²) in [6.45, 7) is 1.89. The van der Waals surface area contributed by atoms with Crippen LogP contribution in [-0.4, -0.2) is 50.0 Å². The standard InChI is InChI=1S/C16H18N4O3/c21-15-8-13(10-20-11-14(16(22)23)17-18-20)9-19(15)7-6-12-4-2-1-3-5-12/h1-5,11,13H,6-10H2,(H,22,23). The van der Waals surface area contributed by atoms with Crippen molar-refractivity contribution in [2.24, 2.45) is 5.92 Å². The Morgan fingerprint density at radius 2 is 2.09 bits per heavy atom. The molecule has 7 heteroatoms. The maximum Gasteiger partial charge on any atom is 0.358 e. The van der Waals surface area contributed by atoms with E-state index in [9.17, 15) is 9.59 Å². The summed E-state index contributed by atoms with van der Waals surface area (Å²) in [5.41, 5.74) is 1.14. The zero-order valence-corrected chi connectivity index (χ0v) is 12.6. The van der Waals surface area contributed by atoms with Crippen molar-refractivity contribution in [3.8, 4) is 0 Å². The van der Waals surface area contributed by atoms with Crippen LogP contribution in [0.4, 0.5) is 0 Å². The SMILES string of the molecule is O=C(O)c1cn(CC2CC(=O)N(CCc3ccccc3)C2)nn1. The van der Waals surface area contributed by atoms with E-state index in [2.05, 4.69) is 22.4 Å². The van der Waals surface area contributed by atoms with Crippen LogP contribution in [0.1, 0.15) is 22.5 Å². The number of benzene rings is 1. The molecule has 1 atom stereocenters. The average molecular weight is 314 g/mol. The smallest absolute Gasteiger partial charge is 0.358 e. The lowest BCUT2D eigenvalue weighted by Gasteiger charge is -2.16. The van der Waals surface area contributed by atoms with Crippen molar-refractivity contribution >= 4 is 11.9 Å². The largest absolute Gasteiger partial charge is 0.476 e. The van der Waals surface area contributed by atoms with Gasteiger partial charge in [0.25, 0.3) is 0 Å². The van der Waals surface area contributed by atoms with Crippen molar-refractivity contribution < 1.29 is 14.7 Å². The van der Waals surface area contributed by atoms with E-state index in [4.69, 9.17) is 5.11 Å². The van der Waals surface area contributed by atoms with E-state index in [1.165, 1.54) is 16.4 Å². The summed E-state index contributed by atoms with van der Waals surface area (Å²) in [5.74, 6) is -0.811. The average Bonchev–Trinajstić information content (AvgIpc) is 3.14. The Morgan fingerprint density at radius 3 is 2.78 bits per heavy atom. The van der Waals surface area contributed by atoms with Crippen LogP contribution in [0.15, 0.2) is 36.5 Å². The van der Waals surface area contributed by atoms with Crippen molar-refractivity contribution in [1.29, 1.82) is 0 Å². The van der Waals surface area contributed by atoms with Crippen LogP contribution in [0.2, 0.25) is 0 Å². The number of carbonyl (C=O) groups excluding carboxylic acids is 1. The molecule has 1 N–H and O–H groups in total. The van der Waals surface area contributed by atoms with Gasteiger partial charge in [0, 0.05) is 32.0 Å². The summed E-state index contributed by atoms with van der Waals surface area (Å²) in [6.07, 6.45) is 2.71. The Morgan fingerprint density at radius 1 is 1.30 bits per heavy atom. The van der Waals surface area contributed by atoms with Crippen LogP contribution in [-0.2, 0) is 17.8 Å². The molecule has 2 aromatic rings. The maximum absolute atomic E-state index is 12.1. The van der Waals surface area contributed by atoms with E-state index >= 15 is 0 Å². The van der Waals surface area contributed by atoms with Gasteiger partial charge in [0.15, 0.2) is 5.69 Å². The summed E-state index contributed by atoms with van der Waals surface area (Å²) in [7, 11) is 0. The number of likely N-dealkylation sites (tertiary alicyclic amines) is 1. The highest BCUT2D eigenvalue weighted by Crippen LogP contribution is 2.20. The fraction of sp³-hybridized carbons (Fsp3) is 0.375. The number of carbonyl (C=O) groups is 2. The van der Waals surface area contributed by atoms with E-state index in [-0.39, 0.29) is 17.5 Å². The topological polar surface area (TPSA) is 88.3 Å². The van der Waals surface area contributed by atoms with Gasteiger partial charge in [-0.25, -0.2) is 4.79 Å². The van der Waals surface area contributed by atoms with Crippen LogP contribution >= 0.6 is 0 Å². The minimum atomic E-state index is -1.09. The molecule has 0 saturated carbocycles. The molecular formula is C16H18N4O3. The van der Waals surface area contributed by atoms with E-state index in [0.717, 1.165) is 6.42 Å². The third-order valence-corrected chi connectivity index (χ3v) is 4.01. The number of aromatic nitrogens is 3. The summed E-state index contributed by atoms with van der Waals surface area (Å²) in [6, 6.07) is 10.1. The number of hydrogen-bond acceptors (Lipinski definition) is 4. The first-order valence-electron chi connectivity index (χ1n) is 7.57. The first-order valence-corrected chi connectivity index (χ1v) is 7.57. The zero-order chi connectivity index (χ0) is 16.2. The highest BCUT2D eigenvalue weighted by atomic mass is 16.4. The predicted molar refractivity (Wildman–Crippen MR) is 81.8 cm³/mol. The zero-order valence-electron chi connectivity index (χ0n) is 12.6. The number of nitrogens with zero attached hydrogens (tertiary/aromatic N) is 4. The Labute approximate surface area is 133 Å². The van der Waals surface area contributed by atoms with Crippen LogP contribution < -0.4 is 0 Å². The van der Waals surface area contributed by atoms with Crippen molar-refractivity contribution in [2.75, 3.05) is 13.1 Å². The van der Waals surface area contributed by atoms with Gasteiger partial charge in [-0.05, 0) is 12.0 Å². The van der Waals surface area contributed by atoms with E-state index in [1.807, 2.05) is 23.1 Å². The summed E-state index contributed by atoms with van der Waals surface area (Å²) in [4.78, 5) is 24.8. The molecule has 1 aliphatic heterocycles. The Bertz CT molecular complexity index is 698. The number of amides is 1. The van der Waals surface area contributed by atoms with Crippen LogP contribution in [0.3, 0.4) is 0 Å². The highest BCUT2D eigenvalue weighted by Gasteiger charge is 2.29. The minimum Gasteiger partial charge on any atom is -0.476 e. The van der Waals surface area contributed by atoms with Crippen molar-refractivity contribution in [3.63, 3.8) is 0 Å². The van der Waals surface area contributed by atoms with Gasteiger partial charge in [0.2, 0.25) is 5.91 Å². The fourth-order valence-electron chi connectivity index (χ4n) is 2.85. The molecule has 1 amide bonds. The van der Waals surface area contributed by atoms with E-state index in [0.29, 0.717) is 26.1 Å². The number of hydrogen-bond donors (Lipinski definition) is 1. The molecular weight excluding hydrogens is 296 g/mol. The summed E-state index contributed by atoms with van der Waals surface area (Å²) >= 11 is 0. The molecule has 3 rings (SSSR count). The second-order valence-electron chi connectivity index (χ2n) is 5.78. The third-order valence-electron chi connectivity index (χ3n) is 4.01. The van der Waals surface area contributed by atoms with Gasteiger partial charge in [-0.1, -0.05) is 35.5 Å². The Balaban J connectivity index is 1.53. The number of carboxylic acids is 1. The van der Waals surface area contributed by atoms with Gasteiger partial charge in [-0.15, -0.1) is 5.10 Å². The third kappa shape index (κ3) is 3.74. The lowest BCUT2D eigenvalue weighted by atomic mass is 10.1. The normalized spacial score (nSPS) is 17.7. The first-order chi connectivity index (χ1) is 11.1. The van der Waals surface area contributed by atoms with Crippen LogP contribution in [0.5, 0.6) is 0 Å². The lowest BCUT2D eigenvalue weighted by molar-refractivity contribution is -0.127. The number of rotatable bonds is 6. The van der Waals surface area contributed by atoms with Gasteiger partial charge in [0.05, 0.1) is 6.20 Å². The molecule has 0 bridgehead atoms. The van der Waals surface area contributed by atoms with Gasteiger partial charge in [-0.3, -0.25) is 9.48 Å². The molecule has 120 valence electrons. The van der Waals surface area contributed by atoms with Crippen molar-refractivity contribution in [2.45, 2.75) is 19.4 Å². The number of aromatic carboxylic acids is 1. The molecule has 2 heterocycles. The van der Waals surface area contributed by atoms with Crippen molar-refractivity contribution in [1.82, 2.24) is 19.9 Å². The van der Waals surface area contributed by atoms with Gasteiger partial charge < -0.3 is 10.0 Å². The first kappa shape index (κ1) is 15.2. The Kier molecular flexibility index (Phi) is 4.36. The molecule has 1 aliphatic rings. The fourth-order valence-corrected chi connectivity index (χ4v) is 2.85. The second-order valence-corrected chi connectivity index (χ2v) is 5.78. The highest BCUT2D eigenvalue weighted by molar-refractivity contribution is 5.84. The summed E-state index contributed by atoms with van der Waals surface area (Å²) < 4.78 is 1.50. The molecule has 1 fully saturated rings. The number of carboxylic acid groups (broad SMARTS) is 1. The second kappa shape index (κ2) is 6.60. The van der Waals surface area contributed by atoms with E-state index < -0.39 is 5.97 Å². The Hall–Kier alpha value is -2.70. The molecule has 0 aliphatic carbocycles. The molecule has 1 aromatic heterocycles. The molecule has 0 radical (unpaired) electrons. The maximum atomic E-state index is 12.1.